The zero-order chi connectivity index (χ0) is 20.6. The van der Waals surface area contributed by atoms with E-state index < -0.39 is 17.4 Å². The molecular formula is C22H24N4O3. The van der Waals surface area contributed by atoms with Crippen molar-refractivity contribution >= 4 is 28.5 Å². The lowest BCUT2D eigenvalue weighted by atomic mass is 10.0. The normalized spacial score (nSPS) is 18.1. The first-order valence-corrected chi connectivity index (χ1v) is 9.76. The fraction of sp³-hybridized carbons (Fsp3) is 0.318. The quantitative estimate of drug-likeness (QED) is 0.653. The highest BCUT2D eigenvalue weighted by atomic mass is 16.5. The smallest absolute Gasteiger partial charge is 0.278 e. The number of para-hydroxylation sites is 2. The highest BCUT2D eigenvalue weighted by Gasteiger charge is 2.47. The lowest BCUT2D eigenvalue weighted by Crippen LogP contribution is -2.58. The van der Waals surface area contributed by atoms with Gasteiger partial charge in [0.05, 0.1) is 23.3 Å². The summed E-state index contributed by atoms with van der Waals surface area (Å²) in [5.41, 5.74) is 1.83. The molecule has 1 atom stereocenters. The topological polar surface area (TPSA) is 85.3 Å². The minimum absolute atomic E-state index is 0.209. The monoisotopic (exact) mass is 392 g/mol. The summed E-state index contributed by atoms with van der Waals surface area (Å²) in [5, 5.41) is 5.61. The Kier molecular flexibility index (Phi) is 4.74. The second-order valence-electron chi connectivity index (χ2n) is 7.44. The molecule has 1 aliphatic rings. The van der Waals surface area contributed by atoms with E-state index in [0.717, 1.165) is 35.4 Å². The van der Waals surface area contributed by atoms with Gasteiger partial charge in [0.15, 0.2) is 0 Å². The second-order valence-corrected chi connectivity index (χ2v) is 7.44. The van der Waals surface area contributed by atoms with Gasteiger partial charge in [-0.15, -0.1) is 0 Å². The number of nitrogens with zero attached hydrogens (tertiary/aromatic N) is 2. The van der Waals surface area contributed by atoms with Gasteiger partial charge in [0.1, 0.15) is 11.6 Å². The number of hydrogen-bond donors (Lipinski definition) is 2. The highest BCUT2D eigenvalue weighted by Crippen LogP contribution is 2.34. The number of fused-ring (bicyclic) bond motifs is 2. The molecule has 2 N–H and O–H groups in total. The van der Waals surface area contributed by atoms with Crippen LogP contribution in [0.2, 0.25) is 0 Å². The molecule has 0 aliphatic carbocycles. The average molecular weight is 392 g/mol. The summed E-state index contributed by atoms with van der Waals surface area (Å²) in [5.74, 6) is 0.231. The van der Waals surface area contributed by atoms with Gasteiger partial charge in [-0.25, -0.2) is 4.98 Å². The summed E-state index contributed by atoms with van der Waals surface area (Å²) in [4.78, 5) is 30.2. The summed E-state index contributed by atoms with van der Waals surface area (Å²) < 4.78 is 7.92. The van der Waals surface area contributed by atoms with Crippen LogP contribution in [0.3, 0.4) is 0 Å². The number of aromatic nitrogens is 2. The van der Waals surface area contributed by atoms with E-state index >= 15 is 0 Å². The fourth-order valence-corrected chi connectivity index (χ4v) is 3.55. The third-order valence-electron chi connectivity index (χ3n) is 5.15. The van der Waals surface area contributed by atoms with Gasteiger partial charge in [0.2, 0.25) is 0 Å². The molecule has 1 unspecified atom stereocenters. The number of hydrogen-bond acceptors (Lipinski definition) is 4. The van der Waals surface area contributed by atoms with Gasteiger partial charge < -0.3 is 19.9 Å². The molecule has 0 bridgehead atoms. The number of carbonyl (C=O) groups excluding carboxylic acids is 2. The molecule has 7 heteroatoms. The number of nitrogens with one attached hydrogen (secondary N) is 2. The van der Waals surface area contributed by atoms with Crippen molar-refractivity contribution in [2.75, 3.05) is 5.32 Å². The minimum atomic E-state index is -1.65. The van der Waals surface area contributed by atoms with E-state index in [-0.39, 0.29) is 6.54 Å². The molecular weight excluding hydrogens is 368 g/mol. The Bertz CT molecular complexity index is 1100. The largest absolute Gasteiger partial charge is 0.466 e. The van der Waals surface area contributed by atoms with Crippen LogP contribution in [0.1, 0.15) is 31.7 Å². The van der Waals surface area contributed by atoms with Crippen LogP contribution in [0.4, 0.5) is 5.69 Å². The molecule has 7 nitrogen and oxygen atoms in total. The number of ether oxygens (including phenoxy) is 1. The maximum Gasteiger partial charge on any atom is 0.278 e. The van der Waals surface area contributed by atoms with Crippen LogP contribution < -0.4 is 15.4 Å². The van der Waals surface area contributed by atoms with E-state index in [9.17, 15) is 9.59 Å². The molecule has 0 spiro atoms. The van der Waals surface area contributed by atoms with Gasteiger partial charge in [-0.05, 0) is 50.1 Å². The van der Waals surface area contributed by atoms with E-state index in [1.54, 1.807) is 6.07 Å². The SMILES string of the molecule is CCCn1c(CNC(=O)C2(C)Oc3ccc(C)cc3NC2=O)nc2ccccc21. The van der Waals surface area contributed by atoms with Gasteiger partial charge in [-0.3, -0.25) is 9.59 Å². The predicted molar refractivity (Wildman–Crippen MR) is 111 cm³/mol. The van der Waals surface area contributed by atoms with Crippen LogP contribution in [0.25, 0.3) is 11.0 Å². The Hall–Kier alpha value is -3.35. The number of aryl methyl sites for hydroxylation is 2. The number of benzene rings is 2. The average Bonchev–Trinajstić information content (AvgIpc) is 3.05. The molecule has 0 saturated heterocycles. The zero-order valence-electron chi connectivity index (χ0n) is 16.8. The van der Waals surface area contributed by atoms with Crippen LogP contribution in [0, 0.1) is 6.92 Å². The Morgan fingerprint density at radius 1 is 1.28 bits per heavy atom. The van der Waals surface area contributed by atoms with Gasteiger partial charge in [-0.2, -0.15) is 0 Å². The Morgan fingerprint density at radius 2 is 2.07 bits per heavy atom. The van der Waals surface area contributed by atoms with Crippen molar-refractivity contribution in [3.05, 3.63) is 53.9 Å². The van der Waals surface area contributed by atoms with E-state index in [4.69, 9.17) is 4.74 Å². The third-order valence-corrected chi connectivity index (χ3v) is 5.15. The molecule has 0 radical (unpaired) electrons. The first-order valence-electron chi connectivity index (χ1n) is 9.76. The zero-order valence-corrected chi connectivity index (χ0v) is 16.8. The Labute approximate surface area is 169 Å². The van der Waals surface area contributed by atoms with Gasteiger partial charge >= 0.3 is 0 Å². The number of imidazole rings is 1. The standard InChI is InChI=1S/C22H24N4O3/c1-4-11-26-17-8-6-5-7-15(17)24-19(26)13-23-20(27)22(3)21(28)25-16-12-14(2)9-10-18(16)29-22/h5-10,12H,4,11,13H2,1-3H3,(H,23,27)(H,25,28). The number of amides is 2. The van der Waals surface area contributed by atoms with Crippen molar-refractivity contribution in [2.24, 2.45) is 0 Å². The molecule has 3 aromatic rings. The summed E-state index contributed by atoms with van der Waals surface area (Å²) >= 11 is 0. The van der Waals surface area contributed by atoms with Crippen LogP contribution in [-0.4, -0.2) is 27.0 Å². The Morgan fingerprint density at radius 3 is 2.86 bits per heavy atom. The molecule has 29 heavy (non-hydrogen) atoms. The van der Waals surface area contributed by atoms with E-state index in [1.165, 1.54) is 6.92 Å². The van der Waals surface area contributed by atoms with Crippen LogP contribution >= 0.6 is 0 Å². The predicted octanol–water partition coefficient (Wildman–Crippen LogP) is 3.16. The lowest BCUT2D eigenvalue weighted by molar-refractivity contribution is -0.146. The fourth-order valence-electron chi connectivity index (χ4n) is 3.55. The van der Waals surface area contributed by atoms with Crippen molar-refractivity contribution in [1.29, 1.82) is 0 Å². The highest BCUT2D eigenvalue weighted by molar-refractivity contribution is 6.15. The van der Waals surface area contributed by atoms with Gasteiger partial charge in [0.25, 0.3) is 17.4 Å². The molecule has 0 saturated carbocycles. The van der Waals surface area contributed by atoms with E-state index in [1.807, 2.05) is 43.3 Å². The molecule has 2 heterocycles. The van der Waals surface area contributed by atoms with E-state index in [2.05, 4.69) is 27.1 Å². The first-order chi connectivity index (χ1) is 13.9. The lowest BCUT2D eigenvalue weighted by Gasteiger charge is -2.33. The van der Waals surface area contributed by atoms with Crippen molar-refractivity contribution in [1.82, 2.24) is 14.9 Å². The summed E-state index contributed by atoms with van der Waals surface area (Å²) in [6, 6.07) is 13.3. The summed E-state index contributed by atoms with van der Waals surface area (Å²) in [6.45, 7) is 6.51. The summed E-state index contributed by atoms with van der Waals surface area (Å²) in [6.07, 6.45) is 0.945. The summed E-state index contributed by atoms with van der Waals surface area (Å²) in [7, 11) is 0. The number of anilines is 1. The van der Waals surface area contributed by atoms with Crippen molar-refractivity contribution < 1.29 is 14.3 Å². The van der Waals surface area contributed by atoms with Crippen LogP contribution in [0.5, 0.6) is 5.75 Å². The van der Waals surface area contributed by atoms with Crippen molar-refractivity contribution in [3.63, 3.8) is 0 Å². The molecule has 150 valence electrons. The second kappa shape index (κ2) is 7.24. The maximum absolute atomic E-state index is 12.9. The maximum atomic E-state index is 12.9. The number of carbonyl (C=O) groups is 2. The molecule has 4 rings (SSSR count). The molecule has 1 aliphatic heterocycles. The molecule has 2 aromatic carbocycles. The van der Waals surface area contributed by atoms with Gasteiger partial charge in [-0.1, -0.05) is 25.1 Å². The Balaban J connectivity index is 1.55. The number of rotatable bonds is 5. The van der Waals surface area contributed by atoms with Gasteiger partial charge in [0, 0.05) is 6.54 Å². The molecule has 2 amide bonds. The van der Waals surface area contributed by atoms with Crippen LogP contribution in [-0.2, 0) is 22.7 Å². The van der Waals surface area contributed by atoms with Crippen molar-refractivity contribution in [2.45, 2.75) is 45.9 Å². The van der Waals surface area contributed by atoms with E-state index in [0.29, 0.717) is 11.4 Å². The minimum Gasteiger partial charge on any atom is -0.466 e. The molecule has 0 fully saturated rings. The third kappa shape index (κ3) is 3.33. The van der Waals surface area contributed by atoms with Crippen molar-refractivity contribution in [3.8, 4) is 5.75 Å². The molecule has 1 aromatic heterocycles. The first kappa shape index (κ1) is 19.0. The van der Waals surface area contributed by atoms with Crippen LogP contribution in [0.15, 0.2) is 42.5 Å².